The molecular weight excluding hydrogens is 380 g/mol. The average molecular weight is 402 g/mol. The Kier molecular flexibility index (Phi) is 6.28. The lowest BCUT2D eigenvalue weighted by Gasteiger charge is -2.28. The van der Waals surface area contributed by atoms with E-state index in [0.29, 0.717) is 23.0 Å². The van der Waals surface area contributed by atoms with E-state index in [9.17, 15) is 14.4 Å². The number of nitrogens with zero attached hydrogens (tertiary/aromatic N) is 2. The molecule has 0 aliphatic carbocycles. The second-order valence-corrected chi connectivity index (χ2v) is 6.85. The zero-order valence-corrected chi connectivity index (χ0v) is 16.8. The van der Waals surface area contributed by atoms with Crippen molar-refractivity contribution in [1.82, 2.24) is 15.2 Å². The lowest BCUT2D eigenvalue weighted by molar-refractivity contribution is -0.132. The molecule has 0 bridgehead atoms. The molecule has 2 amide bonds. The zero-order chi connectivity index (χ0) is 21.7. The Balaban J connectivity index is 1.70. The van der Waals surface area contributed by atoms with Crippen LogP contribution in [0.2, 0.25) is 0 Å². The summed E-state index contributed by atoms with van der Waals surface area (Å²) in [6.07, 6.45) is 1.36. The van der Waals surface area contributed by atoms with Crippen LogP contribution >= 0.6 is 0 Å². The smallest absolute Gasteiger partial charge is 0.257 e. The molecule has 1 atom stereocenters. The van der Waals surface area contributed by atoms with Crippen LogP contribution in [0, 0.1) is 11.3 Å². The van der Waals surface area contributed by atoms with Gasteiger partial charge in [-0.25, -0.2) is 0 Å². The Hall–Kier alpha value is -3.92. The molecule has 1 heterocycles. The largest absolute Gasteiger partial charge is 0.360 e. The Morgan fingerprint density at radius 3 is 2.53 bits per heavy atom. The number of benzene rings is 2. The van der Waals surface area contributed by atoms with Crippen LogP contribution in [0.4, 0.5) is 0 Å². The van der Waals surface area contributed by atoms with Crippen molar-refractivity contribution in [3.05, 3.63) is 81.6 Å². The first-order valence-electron chi connectivity index (χ1n) is 9.64. The second kappa shape index (κ2) is 9.05. The highest BCUT2D eigenvalue weighted by atomic mass is 16.2. The summed E-state index contributed by atoms with van der Waals surface area (Å²) in [5.41, 5.74) is 1.66. The normalized spacial score (nSPS) is 11.5. The van der Waals surface area contributed by atoms with E-state index < -0.39 is 5.91 Å². The van der Waals surface area contributed by atoms with E-state index in [0.717, 1.165) is 5.56 Å². The molecule has 30 heavy (non-hydrogen) atoms. The van der Waals surface area contributed by atoms with Crippen molar-refractivity contribution >= 4 is 22.7 Å². The maximum atomic E-state index is 12.7. The summed E-state index contributed by atoms with van der Waals surface area (Å²) in [6.45, 7) is 3.97. The maximum absolute atomic E-state index is 12.7. The average Bonchev–Trinajstić information content (AvgIpc) is 2.78. The van der Waals surface area contributed by atoms with Crippen LogP contribution < -0.4 is 10.7 Å². The Morgan fingerprint density at radius 1 is 1.17 bits per heavy atom. The van der Waals surface area contributed by atoms with Crippen LogP contribution in [-0.2, 0) is 4.79 Å². The van der Waals surface area contributed by atoms with Gasteiger partial charge in [0, 0.05) is 23.6 Å². The number of nitriles is 1. The number of aromatic nitrogens is 1. The minimum absolute atomic E-state index is 0.0373. The van der Waals surface area contributed by atoms with Crippen molar-refractivity contribution in [3.8, 4) is 6.07 Å². The Morgan fingerprint density at radius 2 is 1.87 bits per heavy atom. The fraction of sp³-hybridized carbons (Fsp3) is 0.217. The van der Waals surface area contributed by atoms with Gasteiger partial charge in [-0.15, -0.1) is 0 Å². The van der Waals surface area contributed by atoms with Crippen molar-refractivity contribution in [2.45, 2.75) is 19.9 Å². The Labute approximate surface area is 173 Å². The molecule has 2 aromatic carbocycles. The number of hydrogen-bond donors (Lipinski definition) is 2. The molecular formula is C23H22N4O3. The van der Waals surface area contributed by atoms with Gasteiger partial charge in [0.15, 0.2) is 0 Å². The van der Waals surface area contributed by atoms with Crippen LogP contribution in [-0.4, -0.2) is 34.8 Å². The monoisotopic (exact) mass is 402 g/mol. The summed E-state index contributed by atoms with van der Waals surface area (Å²) in [5.74, 6) is -0.864. The SMILES string of the molecule is CCN(C(=O)CNC(=O)c1c[nH]c2ccccc2c1=O)C(C)c1ccc(C#N)cc1. The van der Waals surface area contributed by atoms with Crippen molar-refractivity contribution in [1.29, 1.82) is 5.26 Å². The van der Waals surface area contributed by atoms with Crippen molar-refractivity contribution < 1.29 is 9.59 Å². The molecule has 0 saturated heterocycles. The van der Waals surface area contributed by atoms with E-state index in [-0.39, 0.29) is 29.5 Å². The Bertz CT molecular complexity index is 1180. The number of amides is 2. The molecule has 3 rings (SSSR count). The third kappa shape index (κ3) is 4.23. The topological polar surface area (TPSA) is 106 Å². The predicted molar refractivity (Wildman–Crippen MR) is 114 cm³/mol. The lowest BCUT2D eigenvalue weighted by atomic mass is 10.0. The summed E-state index contributed by atoms with van der Waals surface area (Å²) < 4.78 is 0. The number of rotatable bonds is 6. The first-order valence-corrected chi connectivity index (χ1v) is 9.64. The predicted octanol–water partition coefficient (Wildman–Crippen LogP) is 2.74. The first kappa shape index (κ1) is 20.8. The molecule has 1 unspecified atom stereocenters. The molecule has 3 aromatic rings. The van der Waals surface area contributed by atoms with Crippen LogP contribution in [0.3, 0.4) is 0 Å². The second-order valence-electron chi connectivity index (χ2n) is 6.85. The molecule has 0 saturated carbocycles. The van der Waals surface area contributed by atoms with E-state index >= 15 is 0 Å². The quantitative estimate of drug-likeness (QED) is 0.661. The fourth-order valence-electron chi connectivity index (χ4n) is 3.37. The van der Waals surface area contributed by atoms with Crippen molar-refractivity contribution in [2.75, 3.05) is 13.1 Å². The van der Waals surface area contributed by atoms with Gasteiger partial charge < -0.3 is 15.2 Å². The van der Waals surface area contributed by atoms with Gasteiger partial charge in [-0.2, -0.15) is 5.26 Å². The lowest BCUT2D eigenvalue weighted by Crippen LogP contribution is -2.42. The van der Waals surface area contributed by atoms with Crippen LogP contribution in [0.1, 0.15) is 41.4 Å². The van der Waals surface area contributed by atoms with Gasteiger partial charge in [-0.1, -0.05) is 24.3 Å². The maximum Gasteiger partial charge on any atom is 0.257 e. The number of likely N-dealkylation sites (N-methyl/N-ethyl adjacent to an activating group) is 1. The highest BCUT2D eigenvalue weighted by Gasteiger charge is 2.21. The molecule has 7 nitrogen and oxygen atoms in total. The van der Waals surface area contributed by atoms with Crippen molar-refractivity contribution in [2.24, 2.45) is 0 Å². The molecule has 0 aliphatic heterocycles. The van der Waals surface area contributed by atoms with Crippen LogP contribution in [0.5, 0.6) is 0 Å². The van der Waals surface area contributed by atoms with E-state index in [1.54, 1.807) is 41.3 Å². The molecule has 2 N–H and O–H groups in total. The van der Waals surface area contributed by atoms with E-state index in [2.05, 4.69) is 16.4 Å². The molecule has 0 spiro atoms. The summed E-state index contributed by atoms with van der Waals surface area (Å²) in [5, 5.41) is 11.9. The summed E-state index contributed by atoms with van der Waals surface area (Å²) in [6, 6.07) is 15.8. The van der Waals surface area contributed by atoms with Gasteiger partial charge in [0.25, 0.3) is 5.91 Å². The van der Waals surface area contributed by atoms with E-state index in [1.165, 1.54) is 6.20 Å². The number of pyridine rings is 1. The molecule has 1 aromatic heterocycles. The summed E-state index contributed by atoms with van der Waals surface area (Å²) in [7, 11) is 0. The molecule has 152 valence electrons. The van der Waals surface area contributed by atoms with Gasteiger partial charge in [0.05, 0.1) is 24.2 Å². The first-order chi connectivity index (χ1) is 14.5. The van der Waals surface area contributed by atoms with Gasteiger partial charge in [-0.3, -0.25) is 14.4 Å². The van der Waals surface area contributed by atoms with Crippen LogP contribution in [0.25, 0.3) is 10.9 Å². The van der Waals surface area contributed by atoms with Gasteiger partial charge >= 0.3 is 0 Å². The highest BCUT2D eigenvalue weighted by Crippen LogP contribution is 2.20. The third-order valence-electron chi connectivity index (χ3n) is 5.08. The number of aromatic amines is 1. The molecule has 0 aliphatic rings. The number of carbonyl (C=O) groups is 2. The number of H-pyrrole nitrogens is 1. The van der Waals surface area contributed by atoms with Gasteiger partial charge in [-0.05, 0) is 43.7 Å². The number of nitrogens with one attached hydrogen (secondary N) is 2. The standard InChI is InChI=1S/C23H22N4O3/c1-3-27(15(2)17-10-8-16(12-24)9-11-17)21(28)14-26-23(30)19-13-25-20-7-5-4-6-18(20)22(19)29/h4-11,13,15H,3,14H2,1-2H3,(H,25,29)(H,26,30). The van der Waals surface area contributed by atoms with Crippen molar-refractivity contribution in [3.63, 3.8) is 0 Å². The zero-order valence-electron chi connectivity index (χ0n) is 16.8. The number of para-hydroxylation sites is 1. The summed E-state index contributed by atoms with van der Waals surface area (Å²) in [4.78, 5) is 42.3. The third-order valence-corrected chi connectivity index (χ3v) is 5.08. The highest BCUT2D eigenvalue weighted by molar-refractivity contribution is 5.98. The minimum atomic E-state index is -0.600. The van der Waals surface area contributed by atoms with E-state index in [1.807, 2.05) is 26.0 Å². The van der Waals surface area contributed by atoms with E-state index in [4.69, 9.17) is 5.26 Å². The van der Waals surface area contributed by atoms with Crippen LogP contribution in [0.15, 0.2) is 59.5 Å². The molecule has 0 fully saturated rings. The minimum Gasteiger partial charge on any atom is -0.360 e. The van der Waals surface area contributed by atoms with Gasteiger partial charge in [0.1, 0.15) is 5.56 Å². The number of carbonyl (C=O) groups excluding carboxylic acids is 2. The number of fused-ring (bicyclic) bond motifs is 1. The number of hydrogen-bond acceptors (Lipinski definition) is 4. The molecule has 0 radical (unpaired) electrons. The fourth-order valence-corrected chi connectivity index (χ4v) is 3.37. The summed E-state index contributed by atoms with van der Waals surface area (Å²) >= 11 is 0. The van der Waals surface area contributed by atoms with Gasteiger partial charge in [0.2, 0.25) is 11.3 Å². The molecule has 7 heteroatoms.